The fraction of sp³-hybridized carbons (Fsp3) is 0. The number of nitrogens with zero attached hydrogens (tertiary/aromatic N) is 4. The molecule has 0 saturated heterocycles. The molecule has 0 spiro atoms. The van der Waals surface area contributed by atoms with Crippen molar-refractivity contribution < 1.29 is 4.42 Å². The monoisotopic (exact) mass is 716 g/mol. The molecule has 11 aromatic rings. The molecule has 3 aromatic heterocycles. The second kappa shape index (κ2) is 13.0. The Morgan fingerprint density at radius 1 is 0.375 bits per heavy atom. The van der Waals surface area contributed by atoms with Crippen molar-refractivity contribution in [2.75, 3.05) is 0 Å². The van der Waals surface area contributed by atoms with Crippen LogP contribution in [0.15, 0.2) is 199 Å². The Balaban J connectivity index is 1.13. The van der Waals surface area contributed by atoms with Gasteiger partial charge in [-0.15, -0.1) is 0 Å². The Bertz CT molecular complexity index is 3220. The van der Waals surface area contributed by atoms with Gasteiger partial charge in [0.05, 0.1) is 22.0 Å². The number of para-hydroxylation sites is 2. The molecular formula is C51H32N4O. The van der Waals surface area contributed by atoms with Crippen molar-refractivity contribution in [1.29, 1.82) is 0 Å². The standard InChI is InChI=1S/C51H32N4O/c1-4-14-33(15-5-1)35-26-28-37(29-27-35)50-52-49(36-18-8-3-9-19-36)53-51(54-50)43-24-13-23-42-46-45(56-48(42)43)31-30-41-40-22-10-11-25-44(40)55(47(41)46)39-21-12-20-38(32-39)34-16-6-2-7-17-34/h1-32H. The average Bonchev–Trinajstić information content (AvgIpc) is 3.83. The van der Waals surface area contributed by atoms with Crippen molar-refractivity contribution in [3.05, 3.63) is 194 Å². The van der Waals surface area contributed by atoms with E-state index < -0.39 is 0 Å². The fourth-order valence-corrected chi connectivity index (χ4v) is 8.02. The van der Waals surface area contributed by atoms with Gasteiger partial charge in [-0.25, -0.2) is 15.0 Å². The number of fused-ring (bicyclic) bond motifs is 7. The highest BCUT2D eigenvalue weighted by Gasteiger charge is 2.22. The zero-order valence-electron chi connectivity index (χ0n) is 30.2. The molecule has 0 aliphatic heterocycles. The highest BCUT2D eigenvalue weighted by Crippen LogP contribution is 2.43. The number of aromatic nitrogens is 4. The van der Waals surface area contributed by atoms with Crippen LogP contribution in [0.25, 0.3) is 106 Å². The minimum atomic E-state index is 0.554. The summed E-state index contributed by atoms with van der Waals surface area (Å²) in [4.78, 5) is 15.2. The highest BCUT2D eigenvalue weighted by atomic mass is 16.3. The smallest absolute Gasteiger partial charge is 0.167 e. The van der Waals surface area contributed by atoms with E-state index in [1.54, 1.807) is 0 Å². The summed E-state index contributed by atoms with van der Waals surface area (Å²) in [7, 11) is 0. The van der Waals surface area contributed by atoms with E-state index in [-0.39, 0.29) is 0 Å². The Labute approximate surface area is 322 Å². The van der Waals surface area contributed by atoms with Gasteiger partial charge in [-0.05, 0) is 58.7 Å². The molecule has 0 saturated carbocycles. The molecule has 0 aliphatic carbocycles. The van der Waals surface area contributed by atoms with Crippen molar-refractivity contribution in [2.24, 2.45) is 0 Å². The molecule has 0 fully saturated rings. The fourth-order valence-electron chi connectivity index (χ4n) is 8.02. The molecule has 11 rings (SSSR count). The number of hydrogen-bond donors (Lipinski definition) is 0. The summed E-state index contributed by atoms with van der Waals surface area (Å²) in [6.07, 6.45) is 0. The first kappa shape index (κ1) is 31.9. The van der Waals surface area contributed by atoms with Crippen molar-refractivity contribution in [1.82, 2.24) is 19.5 Å². The molecular weight excluding hydrogens is 685 g/mol. The van der Waals surface area contributed by atoms with Crippen molar-refractivity contribution in [3.63, 3.8) is 0 Å². The van der Waals surface area contributed by atoms with Gasteiger partial charge in [0.15, 0.2) is 17.5 Å². The van der Waals surface area contributed by atoms with Gasteiger partial charge in [-0.2, -0.15) is 0 Å². The molecule has 0 unspecified atom stereocenters. The summed E-state index contributed by atoms with van der Waals surface area (Å²) >= 11 is 0. The van der Waals surface area contributed by atoms with E-state index in [9.17, 15) is 0 Å². The van der Waals surface area contributed by atoms with Gasteiger partial charge in [0, 0.05) is 33.0 Å². The zero-order chi connectivity index (χ0) is 37.0. The third-order valence-electron chi connectivity index (χ3n) is 10.7. The minimum absolute atomic E-state index is 0.554. The van der Waals surface area contributed by atoms with E-state index in [2.05, 4.69) is 156 Å². The molecule has 0 aliphatic rings. The average molecular weight is 717 g/mol. The Morgan fingerprint density at radius 2 is 0.911 bits per heavy atom. The second-order valence-electron chi connectivity index (χ2n) is 14.0. The van der Waals surface area contributed by atoms with Crippen LogP contribution in [0.2, 0.25) is 0 Å². The summed E-state index contributed by atoms with van der Waals surface area (Å²) in [6.45, 7) is 0. The molecule has 56 heavy (non-hydrogen) atoms. The molecule has 0 bridgehead atoms. The Morgan fingerprint density at radius 3 is 1.64 bits per heavy atom. The number of rotatable bonds is 6. The van der Waals surface area contributed by atoms with Crippen molar-refractivity contribution in [2.45, 2.75) is 0 Å². The third kappa shape index (κ3) is 5.29. The second-order valence-corrected chi connectivity index (χ2v) is 14.0. The summed E-state index contributed by atoms with van der Waals surface area (Å²) in [5.41, 5.74) is 12.1. The van der Waals surface area contributed by atoms with Gasteiger partial charge in [0.1, 0.15) is 11.2 Å². The molecule has 5 nitrogen and oxygen atoms in total. The first-order chi connectivity index (χ1) is 27.8. The molecule has 0 radical (unpaired) electrons. The third-order valence-corrected chi connectivity index (χ3v) is 10.7. The van der Waals surface area contributed by atoms with Crippen LogP contribution in [0.5, 0.6) is 0 Å². The molecule has 0 atom stereocenters. The summed E-state index contributed by atoms with van der Waals surface area (Å²) in [5.74, 6) is 1.76. The predicted octanol–water partition coefficient (Wildman–Crippen LogP) is 13.2. The summed E-state index contributed by atoms with van der Waals surface area (Å²) < 4.78 is 9.25. The van der Waals surface area contributed by atoms with Crippen LogP contribution in [0.3, 0.4) is 0 Å². The molecule has 3 heterocycles. The predicted molar refractivity (Wildman–Crippen MR) is 229 cm³/mol. The molecule has 0 N–H and O–H groups in total. The van der Waals surface area contributed by atoms with E-state index in [0.29, 0.717) is 17.5 Å². The van der Waals surface area contributed by atoms with Gasteiger partial charge < -0.3 is 8.98 Å². The van der Waals surface area contributed by atoms with Gasteiger partial charge in [0.2, 0.25) is 0 Å². The van der Waals surface area contributed by atoms with Crippen LogP contribution >= 0.6 is 0 Å². The molecule has 0 amide bonds. The van der Waals surface area contributed by atoms with Crippen molar-refractivity contribution in [3.8, 4) is 62.1 Å². The quantitative estimate of drug-likeness (QED) is 0.172. The number of furan rings is 1. The highest BCUT2D eigenvalue weighted by molar-refractivity contribution is 6.25. The van der Waals surface area contributed by atoms with E-state index in [1.165, 1.54) is 16.3 Å². The van der Waals surface area contributed by atoms with E-state index >= 15 is 0 Å². The first-order valence-electron chi connectivity index (χ1n) is 18.8. The SMILES string of the molecule is c1ccc(-c2ccc(-c3nc(-c4ccccc4)nc(-c4cccc5c4oc4ccc6c7ccccc7n(-c7cccc(-c8ccccc8)c7)c6c45)n3)cc2)cc1. The maximum Gasteiger partial charge on any atom is 0.167 e. The van der Waals surface area contributed by atoms with E-state index in [4.69, 9.17) is 19.4 Å². The number of hydrogen-bond acceptors (Lipinski definition) is 4. The van der Waals surface area contributed by atoms with Gasteiger partial charge in [-0.3, -0.25) is 0 Å². The van der Waals surface area contributed by atoms with Crippen LogP contribution in [-0.4, -0.2) is 19.5 Å². The summed E-state index contributed by atoms with van der Waals surface area (Å²) in [6, 6.07) is 67.4. The number of benzene rings is 8. The summed E-state index contributed by atoms with van der Waals surface area (Å²) in [5, 5.41) is 4.41. The normalized spacial score (nSPS) is 11.6. The lowest BCUT2D eigenvalue weighted by Crippen LogP contribution is -2.00. The lowest BCUT2D eigenvalue weighted by atomic mass is 10.0. The maximum atomic E-state index is 6.87. The molecule has 8 aromatic carbocycles. The Hall–Kier alpha value is -7.63. The van der Waals surface area contributed by atoms with Crippen LogP contribution in [0, 0.1) is 0 Å². The molecule has 5 heteroatoms. The van der Waals surface area contributed by atoms with Crippen LogP contribution in [-0.2, 0) is 0 Å². The first-order valence-corrected chi connectivity index (χ1v) is 18.8. The topological polar surface area (TPSA) is 56.7 Å². The Kier molecular flexibility index (Phi) is 7.42. The lowest BCUT2D eigenvalue weighted by molar-refractivity contribution is 0.669. The molecule has 262 valence electrons. The van der Waals surface area contributed by atoms with Crippen molar-refractivity contribution >= 4 is 43.7 Å². The van der Waals surface area contributed by atoms with Gasteiger partial charge >= 0.3 is 0 Å². The maximum absolute atomic E-state index is 6.87. The van der Waals surface area contributed by atoms with Crippen LogP contribution < -0.4 is 0 Å². The van der Waals surface area contributed by atoms with E-state index in [0.717, 1.165) is 72.0 Å². The van der Waals surface area contributed by atoms with Gasteiger partial charge in [-0.1, -0.05) is 158 Å². The zero-order valence-corrected chi connectivity index (χ0v) is 30.2. The van der Waals surface area contributed by atoms with E-state index in [1.807, 2.05) is 42.5 Å². The largest absolute Gasteiger partial charge is 0.455 e. The van der Waals surface area contributed by atoms with Crippen LogP contribution in [0.1, 0.15) is 0 Å². The van der Waals surface area contributed by atoms with Crippen LogP contribution in [0.4, 0.5) is 0 Å². The minimum Gasteiger partial charge on any atom is -0.455 e. The lowest BCUT2D eigenvalue weighted by Gasteiger charge is -2.11. The van der Waals surface area contributed by atoms with Gasteiger partial charge in [0.25, 0.3) is 0 Å².